The van der Waals surface area contributed by atoms with Crippen LogP contribution in [0.2, 0.25) is 0 Å². The summed E-state index contributed by atoms with van der Waals surface area (Å²) in [6.45, 7) is 16.3. The van der Waals surface area contributed by atoms with E-state index in [1.54, 1.807) is 0 Å². The molecular formula is C19H40Br2N2. The molecule has 0 amide bonds. The summed E-state index contributed by atoms with van der Waals surface area (Å²) in [5.41, 5.74) is 0. The SMILES string of the molecule is CC[N+]1(CCCCC[N+]2(CC)CCCCC2)CCCCC1.[Br-].[Br-]. The normalized spacial score (nSPS) is 22.7. The number of likely N-dealkylation sites (tertiary alicyclic amines) is 2. The Morgan fingerprint density at radius 1 is 0.522 bits per heavy atom. The Labute approximate surface area is 166 Å². The van der Waals surface area contributed by atoms with Crippen molar-refractivity contribution in [1.29, 1.82) is 0 Å². The van der Waals surface area contributed by atoms with Crippen molar-refractivity contribution in [3.63, 3.8) is 0 Å². The van der Waals surface area contributed by atoms with E-state index >= 15 is 0 Å². The number of halogens is 2. The van der Waals surface area contributed by atoms with E-state index in [-0.39, 0.29) is 34.0 Å². The highest BCUT2D eigenvalue weighted by atomic mass is 79.9. The summed E-state index contributed by atoms with van der Waals surface area (Å²) in [7, 11) is 0. The quantitative estimate of drug-likeness (QED) is 0.299. The van der Waals surface area contributed by atoms with Gasteiger partial charge in [0.25, 0.3) is 0 Å². The van der Waals surface area contributed by atoms with Crippen LogP contribution in [0.25, 0.3) is 0 Å². The molecule has 0 spiro atoms. The number of quaternary nitrogens is 2. The highest BCUT2D eigenvalue weighted by Crippen LogP contribution is 2.22. The molecule has 2 rings (SSSR count). The van der Waals surface area contributed by atoms with E-state index in [4.69, 9.17) is 0 Å². The average molecular weight is 456 g/mol. The van der Waals surface area contributed by atoms with E-state index in [0.29, 0.717) is 0 Å². The van der Waals surface area contributed by atoms with Crippen LogP contribution in [0.1, 0.15) is 71.6 Å². The second-order valence-electron chi connectivity index (χ2n) is 7.84. The summed E-state index contributed by atoms with van der Waals surface area (Å²) in [4.78, 5) is 0. The first-order valence-corrected chi connectivity index (χ1v) is 9.94. The molecule has 0 atom stereocenters. The number of unbranched alkanes of at least 4 members (excludes halogenated alkanes) is 2. The van der Waals surface area contributed by atoms with Gasteiger partial charge in [-0.1, -0.05) is 0 Å². The molecule has 0 aliphatic carbocycles. The smallest absolute Gasteiger partial charge is 0.0786 e. The van der Waals surface area contributed by atoms with Crippen molar-refractivity contribution in [2.24, 2.45) is 0 Å². The molecule has 0 bridgehead atoms. The summed E-state index contributed by atoms with van der Waals surface area (Å²) in [6.07, 6.45) is 13.3. The van der Waals surface area contributed by atoms with Crippen molar-refractivity contribution in [3.8, 4) is 0 Å². The fraction of sp³-hybridized carbons (Fsp3) is 1.00. The summed E-state index contributed by atoms with van der Waals surface area (Å²) < 4.78 is 2.88. The lowest BCUT2D eigenvalue weighted by Crippen LogP contribution is -3.00. The topological polar surface area (TPSA) is 0 Å². The fourth-order valence-electron chi connectivity index (χ4n) is 4.83. The van der Waals surface area contributed by atoms with Crippen LogP contribution < -0.4 is 34.0 Å². The number of hydrogen-bond donors (Lipinski definition) is 0. The van der Waals surface area contributed by atoms with Crippen LogP contribution >= 0.6 is 0 Å². The Bertz CT molecular complexity index is 257. The van der Waals surface area contributed by atoms with Crippen molar-refractivity contribution in [1.82, 2.24) is 0 Å². The summed E-state index contributed by atoms with van der Waals surface area (Å²) in [5, 5.41) is 0. The molecule has 23 heavy (non-hydrogen) atoms. The van der Waals surface area contributed by atoms with Gasteiger partial charge in [-0.05, 0) is 71.6 Å². The number of nitrogens with zero attached hydrogens (tertiary/aromatic N) is 2. The summed E-state index contributed by atoms with van der Waals surface area (Å²) >= 11 is 0. The van der Waals surface area contributed by atoms with Crippen molar-refractivity contribution in [2.45, 2.75) is 71.6 Å². The third kappa shape index (κ3) is 7.33. The molecule has 2 saturated heterocycles. The lowest BCUT2D eigenvalue weighted by atomic mass is 10.0. The molecule has 0 radical (unpaired) electrons. The maximum absolute atomic E-state index is 2.41. The molecule has 0 N–H and O–H groups in total. The Kier molecular flexibility index (Phi) is 12.7. The average Bonchev–Trinajstić information content (AvgIpc) is 2.56. The third-order valence-corrected chi connectivity index (χ3v) is 6.64. The van der Waals surface area contributed by atoms with Crippen LogP contribution in [0.5, 0.6) is 0 Å². The van der Waals surface area contributed by atoms with Gasteiger partial charge in [-0.25, -0.2) is 0 Å². The second kappa shape index (κ2) is 12.3. The summed E-state index contributed by atoms with van der Waals surface area (Å²) in [5.74, 6) is 0. The standard InChI is InChI=1S/C19H40N2.2BrH/c1-3-20(14-8-5-9-15-20)18-12-7-13-19-21(4-2)16-10-6-11-17-21;;/h3-19H2,1-2H3;2*1H/q+2;;/p-2. The van der Waals surface area contributed by atoms with Gasteiger partial charge in [0.05, 0.1) is 52.4 Å². The zero-order valence-electron chi connectivity index (χ0n) is 15.7. The molecule has 0 aromatic heterocycles. The predicted octanol–water partition coefficient (Wildman–Crippen LogP) is -1.79. The lowest BCUT2D eigenvalue weighted by Gasteiger charge is -2.42. The van der Waals surface area contributed by atoms with Gasteiger partial charge < -0.3 is 42.9 Å². The molecule has 0 aromatic carbocycles. The Hall–Kier alpha value is 0.880. The van der Waals surface area contributed by atoms with E-state index in [0.717, 1.165) is 0 Å². The van der Waals surface area contributed by atoms with Crippen molar-refractivity contribution in [3.05, 3.63) is 0 Å². The van der Waals surface area contributed by atoms with Crippen LogP contribution in [0.3, 0.4) is 0 Å². The lowest BCUT2D eigenvalue weighted by molar-refractivity contribution is -0.932. The van der Waals surface area contributed by atoms with Crippen molar-refractivity contribution < 1.29 is 42.9 Å². The number of rotatable bonds is 8. The van der Waals surface area contributed by atoms with Crippen LogP contribution in [-0.2, 0) is 0 Å². The Morgan fingerprint density at radius 3 is 1.17 bits per heavy atom. The fourth-order valence-corrected chi connectivity index (χ4v) is 4.83. The van der Waals surface area contributed by atoms with Gasteiger partial charge in [0, 0.05) is 0 Å². The maximum Gasteiger partial charge on any atom is 0.0786 e. The first-order valence-electron chi connectivity index (χ1n) is 9.94. The minimum atomic E-state index is 0. The third-order valence-electron chi connectivity index (χ3n) is 6.64. The van der Waals surface area contributed by atoms with Gasteiger partial charge >= 0.3 is 0 Å². The van der Waals surface area contributed by atoms with Crippen LogP contribution in [0.15, 0.2) is 0 Å². The molecular weight excluding hydrogens is 416 g/mol. The molecule has 0 saturated carbocycles. The number of piperidine rings is 2. The number of hydrogen-bond acceptors (Lipinski definition) is 0. The van der Waals surface area contributed by atoms with Crippen molar-refractivity contribution >= 4 is 0 Å². The monoisotopic (exact) mass is 454 g/mol. The van der Waals surface area contributed by atoms with Crippen LogP contribution in [0.4, 0.5) is 0 Å². The Morgan fingerprint density at radius 2 is 0.870 bits per heavy atom. The van der Waals surface area contributed by atoms with Gasteiger partial charge in [-0.3, -0.25) is 0 Å². The Balaban J connectivity index is 0.00000242. The largest absolute Gasteiger partial charge is 1.00 e. The van der Waals surface area contributed by atoms with E-state index in [2.05, 4.69) is 13.8 Å². The van der Waals surface area contributed by atoms with Gasteiger partial charge in [0.2, 0.25) is 0 Å². The molecule has 4 heteroatoms. The van der Waals surface area contributed by atoms with Crippen molar-refractivity contribution in [2.75, 3.05) is 52.4 Å². The molecule has 0 aromatic rings. The van der Waals surface area contributed by atoms with Gasteiger partial charge in [0.15, 0.2) is 0 Å². The van der Waals surface area contributed by atoms with E-state index in [1.165, 1.54) is 119 Å². The van der Waals surface area contributed by atoms with Gasteiger partial charge in [0.1, 0.15) is 0 Å². The molecule has 2 aliphatic heterocycles. The molecule has 0 unspecified atom stereocenters. The first kappa shape index (κ1) is 23.9. The minimum absolute atomic E-state index is 0. The maximum atomic E-state index is 2.41. The molecule has 140 valence electrons. The van der Waals surface area contributed by atoms with E-state index < -0.39 is 0 Å². The van der Waals surface area contributed by atoms with E-state index in [9.17, 15) is 0 Å². The molecule has 2 heterocycles. The molecule has 2 fully saturated rings. The van der Waals surface area contributed by atoms with Gasteiger partial charge in [-0.2, -0.15) is 0 Å². The zero-order chi connectivity index (χ0) is 15.0. The first-order chi connectivity index (χ1) is 10.2. The van der Waals surface area contributed by atoms with Crippen LogP contribution in [0, 0.1) is 0 Å². The molecule has 2 aliphatic rings. The minimum Gasteiger partial charge on any atom is -1.00 e. The highest BCUT2D eigenvalue weighted by Gasteiger charge is 2.29. The van der Waals surface area contributed by atoms with Gasteiger partial charge in [-0.15, -0.1) is 0 Å². The summed E-state index contributed by atoms with van der Waals surface area (Å²) in [6, 6.07) is 0. The zero-order valence-corrected chi connectivity index (χ0v) is 18.8. The van der Waals surface area contributed by atoms with Crippen LogP contribution in [-0.4, -0.2) is 61.3 Å². The molecule has 2 nitrogen and oxygen atoms in total. The highest BCUT2D eigenvalue weighted by molar-refractivity contribution is 4.56. The second-order valence-corrected chi connectivity index (χ2v) is 7.84. The predicted molar refractivity (Wildman–Crippen MR) is 92.4 cm³/mol. The van der Waals surface area contributed by atoms with E-state index in [1.807, 2.05) is 0 Å².